The normalized spacial score (nSPS) is 16.5. The molecule has 3 rings (SSSR count). The summed E-state index contributed by atoms with van der Waals surface area (Å²) in [5, 5.41) is 12.0. The van der Waals surface area contributed by atoms with Gasteiger partial charge in [-0.1, -0.05) is 0 Å². The van der Waals surface area contributed by atoms with Crippen molar-refractivity contribution in [2.45, 2.75) is 31.4 Å². The number of ether oxygens (including phenoxy) is 2. The van der Waals surface area contributed by atoms with E-state index in [1.165, 1.54) is 6.42 Å². The second-order valence-electron chi connectivity index (χ2n) is 5.36. The van der Waals surface area contributed by atoms with Crippen molar-refractivity contribution in [3.63, 3.8) is 0 Å². The van der Waals surface area contributed by atoms with Gasteiger partial charge in [0.15, 0.2) is 5.82 Å². The zero-order valence-corrected chi connectivity index (χ0v) is 12.2. The van der Waals surface area contributed by atoms with Crippen LogP contribution in [0.1, 0.15) is 19.3 Å². The SMILES string of the molecule is COc1cc(-c2nnnn2CC2(OC)CCC2)ccc1N. The molecule has 0 radical (unpaired) electrons. The fourth-order valence-corrected chi connectivity index (χ4v) is 2.64. The zero-order chi connectivity index (χ0) is 14.9. The number of methoxy groups -OCH3 is 2. The van der Waals surface area contributed by atoms with Crippen molar-refractivity contribution in [2.75, 3.05) is 20.0 Å². The first-order valence-corrected chi connectivity index (χ1v) is 6.93. The molecule has 1 heterocycles. The fraction of sp³-hybridized carbons (Fsp3) is 0.500. The van der Waals surface area contributed by atoms with Gasteiger partial charge in [0.05, 0.1) is 24.9 Å². The Hall–Kier alpha value is -2.15. The molecule has 0 atom stereocenters. The van der Waals surface area contributed by atoms with Crippen LogP contribution in [-0.2, 0) is 11.3 Å². The number of tetrazole rings is 1. The molecule has 0 unspecified atom stereocenters. The van der Waals surface area contributed by atoms with Gasteiger partial charge < -0.3 is 15.2 Å². The first kappa shape index (κ1) is 13.8. The Labute approximate surface area is 123 Å². The lowest BCUT2D eigenvalue weighted by atomic mass is 9.80. The zero-order valence-electron chi connectivity index (χ0n) is 12.2. The Bertz CT molecular complexity index is 631. The van der Waals surface area contributed by atoms with Gasteiger partial charge in [0, 0.05) is 12.7 Å². The van der Waals surface area contributed by atoms with Crippen LogP contribution in [0.3, 0.4) is 0 Å². The Kier molecular flexibility index (Phi) is 3.50. The van der Waals surface area contributed by atoms with Crippen molar-refractivity contribution in [1.29, 1.82) is 0 Å². The largest absolute Gasteiger partial charge is 0.495 e. The van der Waals surface area contributed by atoms with Crippen LogP contribution >= 0.6 is 0 Å². The number of benzene rings is 1. The summed E-state index contributed by atoms with van der Waals surface area (Å²) in [5.41, 5.74) is 7.17. The molecule has 112 valence electrons. The Morgan fingerprint density at radius 1 is 1.33 bits per heavy atom. The fourth-order valence-electron chi connectivity index (χ4n) is 2.64. The minimum atomic E-state index is -0.137. The summed E-state index contributed by atoms with van der Waals surface area (Å²) >= 11 is 0. The maximum atomic E-state index is 5.84. The maximum Gasteiger partial charge on any atom is 0.182 e. The quantitative estimate of drug-likeness (QED) is 0.839. The van der Waals surface area contributed by atoms with E-state index in [4.69, 9.17) is 15.2 Å². The molecule has 0 amide bonds. The van der Waals surface area contributed by atoms with Gasteiger partial charge in [0.2, 0.25) is 0 Å². The summed E-state index contributed by atoms with van der Waals surface area (Å²) < 4.78 is 12.7. The molecule has 1 aliphatic carbocycles. The van der Waals surface area contributed by atoms with E-state index in [0.717, 1.165) is 18.4 Å². The second-order valence-corrected chi connectivity index (χ2v) is 5.36. The molecule has 0 bridgehead atoms. The summed E-state index contributed by atoms with van der Waals surface area (Å²) in [6, 6.07) is 5.53. The number of hydrogen-bond donors (Lipinski definition) is 1. The summed E-state index contributed by atoms with van der Waals surface area (Å²) in [4.78, 5) is 0. The minimum Gasteiger partial charge on any atom is -0.495 e. The van der Waals surface area contributed by atoms with Gasteiger partial charge in [0.1, 0.15) is 5.75 Å². The first-order valence-electron chi connectivity index (χ1n) is 6.93. The van der Waals surface area contributed by atoms with E-state index in [0.29, 0.717) is 23.8 Å². The summed E-state index contributed by atoms with van der Waals surface area (Å²) in [7, 11) is 3.34. The molecule has 0 saturated heterocycles. The summed E-state index contributed by atoms with van der Waals surface area (Å²) in [5.74, 6) is 1.31. The lowest BCUT2D eigenvalue weighted by Gasteiger charge is -2.40. The van der Waals surface area contributed by atoms with Crippen LogP contribution in [0.25, 0.3) is 11.4 Å². The molecule has 1 aromatic heterocycles. The number of nitrogens with zero attached hydrogens (tertiary/aromatic N) is 4. The van der Waals surface area contributed by atoms with Gasteiger partial charge in [-0.25, -0.2) is 4.68 Å². The van der Waals surface area contributed by atoms with Crippen molar-refractivity contribution in [3.8, 4) is 17.1 Å². The number of anilines is 1. The molecule has 7 nitrogen and oxygen atoms in total. The standard InChI is InChI=1S/C14H19N5O2/c1-20-12-8-10(4-5-11(12)15)13-16-17-18-19(13)9-14(21-2)6-3-7-14/h4-5,8H,3,6-7,9,15H2,1-2H3. The predicted octanol–water partition coefficient (Wildman–Crippen LogP) is 1.50. The minimum absolute atomic E-state index is 0.137. The lowest BCUT2D eigenvalue weighted by molar-refractivity contribution is -0.0855. The monoisotopic (exact) mass is 289 g/mol. The number of hydrogen-bond acceptors (Lipinski definition) is 6. The molecule has 2 aromatic rings. The van der Waals surface area contributed by atoms with Gasteiger partial charge in [-0.05, 0) is 47.9 Å². The van der Waals surface area contributed by atoms with Crippen molar-refractivity contribution >= 4 is 5.69 Å². The summed E-state index contributed by atoms with van der Waals surface area (Å²) in [6.45, 7) is 0.651. The Balaban J connectivity index is 1.91. The second kappa shape index (κ2) is 5.33. The number of nitrogen functional groups attached to an aromatic ring is 1. The van der Waals surface area contributed by atoms with E-state index in [1.54, 1.807) is 25.0 Å². The topological polar surface area (TPSA) is 88.1 Å². The van der Waals surface area contributed by atoms with Gasteiger partial charge in [-0.15, -0.1) is 5.10 Å². The highest BCUT2D eigenvalue weighted by molar-refractivity contribution is 5.65. The van der Waals surface area contributed by atoms with Gasteiger partial charge in [0.25, 0.3) is 0 Å². The first-order chi connectivity index (χ1) is 10.2. The van der Waals surface area contributed by atoms with E-state index >= 15 is 0 Å². The van der Waals surface area contributed by atoms with Crippen molar-refractivity contribution < 1.29 is 9.47 Å². The molecule has 0 spiro atoms. The van der Waals surface area contributed by atoms with Gasteiger partial charge in [-0.3, -0.25) is 0 Å². The smallest absolute Gasteiger partial charge is 0.182 e. The Morgan fingerprint density at radius 2 is 2.14 bits per heavy atom. The molecular formula is C14H19N5O2. The Morgan fingerprint density at radius 3 is 2.76 bits per heavy atom. The average molecular weight is 289 g/mol. The highest BCUT2D eigenvalue weighted by atomic mass is 16.5. The van der Waals surface area contributed by atoms with Gasteiger partial charge in [-0.2, -0.15) is 0 Å². The number of aromatic nitrogens is 4. The van der Waals surface area contributed by atoms with Crippen molar-refractivity contribution in [1.82, 2.24) is 20.2 Å². The van der Waals surface area contributed by atoms with Crippen LogP contribution in [0.4, 0.5) is 5.69 Å². The van der Waals surface area contributed by atoms with E-state index < -0.39 is 0 Å². The maximum absolute atomic E-state index is 5.84. The van der Waals surface area contributed by atoms with Crippen LogP contribution in [0.5, 0.6) is 5.75 Å². The van der Waals surface area contributed by atoms with Crippen LogP contribution < -0.4 is 10.5 Å². The highest BCUT2D eigenvalue weighted by Gasteiger charge is 2.38. The van der Waals surface area contributed by atoms with Crippen LogP contribution in [0.2, 0.25) is 0 Å². The highest BCUT2D eigenvalue weighted by Crippen LogP contribution is 2.37. The lowest BCUT2D eigenvalue weighted by Crippen LogP contribution is -2.43. The molecule has 21 heavy (non-hydrogen) atoms. The van der Waals surface area contributed by atoms with Crippen LogP contribution in [-0.4, -0.2) is 40.0 Å². The molecule has 1 saturated carbocycles. The molecule has 1 aromatic carbocycles. The summed E-state index contributed by atoms with van der Waals surface area (Å²) in [6.07, 6.45) is 3.25. The molecular weight excluding hydrogens is 270 g/mol. The number of rotatable bonds is 5. The predicted molar refractivity (Wildman–Crippen MR) is 77.8 cm³/mol. The third-order valence-electron chi connectivity index (χ3n) is 4.16. The van der Waals surface area contributed by atoms with Crippen LogP contribution in [0, 0.1) is 0 Å². The molecule has 1 aliphatic rings. The molecule has 2 N–H and O–H groups in total. The van der Waals surface area contributed by atoms with Gasteiger partial charge >= 0.3 is 0 Å². The average Bonchev–Trinajstić information content (AvgIpc) is 2.91. The van der Waals surface area contributed by atoms with Crippen molar-refractivity contribution in [3.05, 3.63) is 18.2 Å². The van der Waals surface area contributed by atoms with E-state index in [9.17, 15) is 0 Å². The third-order valence-corrected chi connectivity index (χ3v) is 4.16. The third kappa shape index (κ3) is 2.44. The van der Waals surface area contributed by atoms with E-state index in [-0.39, 0.29) is 5.60 Å². The van der Waals surface area contributed by atoms with Crippen molar-refractivity contribution in [2.24, 2.45) is 0 Å². The molecule has 0 aliphatic heterocycles. The van der Waals surface area contributed by atoms with E-state index in [1.807, 2.05) is 12.1 Å². The molecule has 1 fully saturated rings. The van der Waals surface area contributed by atoms with E-state index in [2.05, 4.69) is 15.5 Å². The molecule has 7 heteroatoms. The van der Waals surface area contributed by atoms with Crippen LogP contribution in [0.15, 0.2) is 18.2 Å². The number of nitrogens with two attached hydrogens (primary N) is 1.